The molecule has 122 valence electrons. The van der Waals surface area contributed by atoms with Crippen molar-refractivity contribution in [2.45, 2.75) is 18.3 Å². The molecular weight excluding hydrogens is 372 g/mol. The Hall–Kier alpha value is -2.19. The van der Waals surface area contributed by atoms with Crippen LogP contribution in [0.3, 0.4) is 0 Å². The first-order chi connectivity index (χ1) is 12.2. The summed E-state index contributed by atoms with van der Waals surface area (Å²) in [6, 6.07) is 25.3. The Morgan fingerprint density at radius 2 is 1.64 bits per heavy atom. The molecule has 0 saturated carbocycles. The van der Waals surface area contributed by atoms with Crippen molar-refractivity contribution >= 4 is 21.7 Å². The number of fused-ring (bicyclic) bond motifs is 5. The lowest BCUT2D eigenvalue weighted by Gasteiger charge is -2.42. The standard InChI is InChI=1S/C23H17BrO/c24-17-11-12-18-21(14-17)23(16-7-2-1-3-8-16)19-9-5-4-6-15(19)10-13-20(23)22(18)25/h1-9,11-12,14,20H,10,13H2/t20-,23-/m1/s1. The molecular formula is C23H17BrO. The molecule has 25 heavy (non-hydrogen) atoms. The Kier molecular flexibility index (Phi) is 3.26. The largest absolute Gasteiger partial charge is 0.294 e. The number of aryl methyl sites for hydroxylation is 1. The van der Waals surface area contributed by atoms with Gasteiger partial charge in [-0.15, -0.1) is 0 Å². The lowest BCUT2D eigenvalue weighted by Crippen LogP contribution is -2.40. The third-order valence-electron chi connectivity index (χ3n) is 5.88. The van der Waals surface area contributed by atoms with Gasteiger partial charge in [0.25, 0.3) is 0 Å². The maximum absolute atomic E-state index is 13.3. The molecule has 0 fully saturated rings. The highest BCUT2D eigenvalue weighted by molar-refractivity contribution is 9.10. The minimum atomic E-state index is -0.369. The minimum Gasteiger partial charge on any atom is -0.294 e. The highest BCUT2D eigenvalue weighted by Gasteiger charge is 2.56. The van der Waals surface area contributed by atoms with Gasteiger partial charge >= 0.3 is 0 Å². The normalized spacial score (nSPS) is 23.7. The molecule has 0 bridgehead atoms. The zero-order valence-corrected chi connectivity index (χ0v) is 15.3. The van der Waals surface area contributed by atoms with E-state index in [4.69, 9.17) is 0 Å². The average molecular weight is 389 g/mol. The topological polar surface area (TPSA) is 17.1 Å². The van der Waals surface area contributed by atoms with Crippen molar-refractivity contribution in [2.75, 3.05) is 0 Å². The molecule has 2 atom stereocenters. The summed E-state index contributed by atoms with van der Waals surface area (Å²) in [6.45, 7) is 0. The number of halogens is 1. The van der Waals surface area contributed by atoms with Crippen LogP contribution in [0.2, 0.25) is 0 Å². The van der Waals surface area contributed by atoms with E-state index in [9.17, 15) is 4.79 Å². The number of carbonyl (C=O) groups is 1. The SMILES string of the molecule is O=C1c2ccc(Br)cc2[C@]2(c3ccccc3)c3ccccc3CC[C@H]12. The lowest BCUT2D eigenvalue weighted by atomic mass is 9.59. The van der Waals surface area contributed by atoms with E-state index in [2.05, 4.69) is 70.5 Å². The summed E-state index contributed by atoms with van der Waals surface area (Å²) in [4.78, 5) is 13.3. The Balaban J connectivity index is 1.94. The van der Waals surface area contributed by atoms with E-state index in [0.717, 1.165) is 28.4 Å². The third-order valence-corrected chi connectivity index (χ3v) is 6.38. The molecule has 2 heteroatoms. The molecule has 2 aliphatic carbocycles. The molecule has 0 unspecified atom stereocenters. The molecule has 0 radical (unpaired) electrons. The lowest BCUT2D eigenvalue weighted by molar-refractivity contribution is 0.0897. The number of rotatable bonds is 1. The van der Waals surface area contributed by atoms with Crippen LogP contribution in [-0.2, 0) is 11.8 Å². The predicted octanol–water partition coefficient (Wildman–Crippen LogP) is 5.54. The van der Waals surface area contributed by atoms with Gasteiger partial charge in [0.15, 0.2) is 5.78 Å². The van der Waals surface area contributed by atoms with Gasteiger partial charge in [0.1, 0.15) is 0 Å². The Morgan fingerprint density at radius 1 is 0.880 bits per heavy atom. The maximum atomic E-state index is 13.3. The predicted molar refractivity (Wildman–Crippen MR) is 103 cm³/mol. The second-order valence-corrected chi connectivity index (χ2v) is 7.89. The molecule has 3 aromatic carbocycles. The highest BCUT2D eigenvalue weighted by Crippen LogP contribution is 2.57. The zero-order chi connectivity index (χ0) is 17.0. The van der Waals surface area contributed by atoms with Gasteiger partial charge < -0.3 is 0 Å². The first-order valence-corrected chi connectivity index (χ1v) is 9.50. The van der Waals surface area contributed by atoms with Crippen LogP contribution < -0.4 is 0 Å². The molecule has 0 heterocycles. The minimum absolute atomic E-state index is 0.0194. The van der Waals surface area contributed by atoms with Gasteiger partial charge in [-0.3, -0.25) is 4.79 Å². The van der Waals surface area contributed by atoms with Crippen molar-refractivity contribution in [3.8, 4) is 0 Å². The summed E-state index contributed by atoms with van der Waals surface area (Å²) in [5.41, 5.74) is 5.54. The van der Waals surface area contributed by atoms with E-state index in [1.165, 1.54) is 16.7 Å². The molecule has 0 aromatic heterocycles. The third kappa shape index (κ3) is 1.92. The molecule has 0 N–H and O–H groups in total. The van der Waals surface area contributed by atoms with Crippen LogP contribution in [0, 0.1) is 5.92 Å². The first-order valence-electron chi connectivity index (χ1n) is 8.71. The molecule has 5 rings (SSSR count). The van der Waals surface area contributed by atoms with Crippen LogP contribution in [0.4, 0.5) is 0 Å². The average Bonchev–Trinajstić information content (AvgIpc) is 2.92. The molecule has 0 saturated heterocycles. The Bertz CT molecular complexity index is 992. The summed E-state index contributed by atoms with van der Waals surface area (Å²) in [7, 11) is 0. The van der Waals surface area contributed by atoms with Crippen LogP contribution in [-0.4, -0.2) is 5.78 Å². The van der Waals surface area contributed by atoms with E-state index in [0.29, 0.717) is 5.78 Å². The number of hydrogen-bond donors (Lipinski definition) is 0. The van der Waals surface area contributed by atoms with Crippen LogP contribution in [0.25, 0.3) is 0 Å². The van der Waals surface area contributed by atoms with Gasteiger partial charge in [-0.2, -0.15) is 0 Å². The molecule has 0 aliphatic heterocycles. The van der Waals surface area contributed by atoms with Crippen molar-refractivity contribution in [3.63, 3.8) is 0 Å². The second-order valence-electron chi connectivity index (χ2n) is 6.98. The number of hydrogen-bond acceptors (Lipinski definition) is 1. The van der Waals surface area contributed by atoms with Crippen molar-refractivity contribution in [1.29, 1.82) is 0 Å². The van der Waals surface area contributed by atoms with Gasteiger partial charge in [0, 0.05) is 16.0 Å². The van der Waals surface area contributed by atoms with Gasteiger partial charge in [-0.1, -0.05) is 70.5 Å². The molecule has 1 nitrogen and oxygen atoms in total. The van der Waals surface area contributed by atoms with Gasteiger partial charge in [0.2, 0.25) is 0 Å². The van der Waals surface area contributed by atoms with E-state index >= 15 is 0 Å². The summed E-state index contributed by atoms with van der Waals surface area (Å²) < 4.78 is 1.03. The van der Waals surface area contributed by atoms with E-state index in [1.807, 2.05) is 18.2 Å². The fraction of sp³-hybridized carbons (Fsp3) is 0.174. The molecule has 0 spiro atoms. The van der Waals surface area contributed by atoms with Crippen molar-refractivity contribution in [1.82, 2.24) is 0 Å². The molecule has 3 aromatic rings. The summed E-state index contributed by atoms with van der Waals surface area (Å²) >= 11 is 3.63. The zero-order valence-electron chi connectivity index (χ0n) is 13.7. The van der Waals surface area contributed by atoms with E-state index in [1.54, 1.807) is 0 Å². The van der Waals surface area contributed by atoms with Crippen LogP contribution in [0.1, 0.15) is 39.0 Å². The quantitative estimate of drug-likeness (QED) is 0.534. The van der Waals surface area contributed by atoms with Crippen LogP contribution in [0.15, 0.2) is 77.3 Å². The number of carbonyl (C=O) groups excluding carboxylic acids is 1. The van der Waals surface area contributed by atoms with E-state index in [-0.39, 0.29) is 11.3 Å². The summed E-state index contributed by atoms with van der Waals surface area (Å²) in [5.74, 6) is 0.273. The molecule has 2 aliphatic rings. The summed E-state index contributed by atoms with van der Waals surface area (Å²) in [5, 5.41) is 0. The second kappa shape index (κ2) is 5.40. The van der Waals surface area contributed by atoms with Gasteiger partial charge in [-0.05, 0) is 53.3 Å². The monoisotopic (exact) mass is 388 g/mol. The van der Waals surface area contributed by atoms with Crippen molar-refractivity contribution < 1.29 is 4.79 Å². The van der Waals surface area contributed by atoms with Crippen LogP contribution in [0.5, 0.6) is 0 Å². The van der Waals surface area contributed by atoms with E-state index < -0.39 is 0 Å². The van der Waals surface area contributed by atoms with Crippen molar-refractivity contribution in [2.24, 2.45) is 5.92 Å². The molecule has 0 amide bonds. The van der Waals surface area contributed by atoms with Crippen molar-refractivity contribution in [3.05, 3.63) is 105 Å². The van der Waals surface area contributed by atoms with Gasteiger partial charge in [-0.25, -0.2) is 0 Å². The van der Waals surface area contributed by atoms with Crippen LogP contribution >= 0.6 is 15.9 Å². The Morgan fingerprint density at radius 3 is 2.48 bits per heavy atom. The number of ketones is 1. The fourth-order valence-corrected chi connectivity index (χ4v) is 5.31. The highest BCUT2D eigenvalue weighted by atomic mass is 79.9. The summed E-state index contributed by atoms with van der Waals surface area (Å²) in [6.07, 6.45) is 1.87. The first kappa shape index (κ1) is 15.1. The number of Topliss-reactive ketones (excluding diaryl/α,β-unsaturated/α-hetero) is 1. The maximum Gasteiger partial charge on any atom is 0.167 e. The number of benzene rings is 3. The van der Waals surface area contributed by atoms with Gasteiger partial charge in [0.05, 0.1) is 5.41 Å². The smallest absolute Gasteiger partial charge is 0.167 e. The Labute approximate surface area is 155 Å². The fourth-order valence-electron chi connectivity index (χ4n) is 4.95.